The molecule has 5 aromatic carbocycles. The van der Waals surface area contributed by atoms with Crippen LogP contribution in [0.4, 0.5) is 0 Å². The predicted molar refractivity (Wildman–Crippen MR) is 186 cm³/mol. The fraction of sp³-hybridized carbons (Fsp3) is 0.244. The maximum Gasteiger partial charge on any atom is 0.149 e. The number of fused-ring (bicyclic) bond motifs is 4. The molecular formula is C41H40N2O. The number of hydrogen-bond acceptors (Lipinski definition) is 2. The Morgan fingerprint density at radius 1 is 0.659 bits per heavy atom. The number of nitrogens with zero attached hydrogens (tertiary/aromatic N) is 2. The van der Waals surface area contributed by atoms with E-state index >= 15 is 0 Å². The molecule has 7 rings (SSSR count). The Morgan fingerprint density at radius 3 is 2.00 bits per heavy atom. The van der Waals surface area contributed by atoms with Crippen molar-refractivity contribution in [1.82, 2.24) is 9.55 Å². The molecule has 0 spiro atoms. The summed E-state index contributed by atoms with van der Waals surface area (Å²) in [4.78, 5) is 5.28. The molecule has 44 heavy (non-hydrogen) atoms. The maximum atomic E-state index is 6.77. The third kappa shape index (κ3) is 4.63. The van der Waals surface area contributed by atoms with Gasteiger partial charge in [-0.2, -0.15) is 0 Å². The minimum atomic E-state index is 0.125. The maximum absolute atomic E-state index is 6.77. The fourth-order valence-corrected chi connectivity index (χ4v) is 6.52. The molecule has 2 aromatic heterocycles. The minimum absolute atomic E-state index is 0.125. The van der Waals surface area contributed by atoms with Crippen molar-refractivity contribution < 1.29 is 4.42 Å². The largest absolute Gasteiger partial charge is 0.455 e. The average Bonchev–Trinajstić information content (AvgIpc) is 3.58. The number of benzene rings is 5. The van der Waals surface area contributed by atoms with Gasteiger partial charge in [-0.25, -0.2) is 4.98 Å². The molecule has 220 valence electrons. The highest BCUT2D eigenvalue weighted by Gasteiger charge is 2.24. The normalized spacial score (nSPS) is 12.4. The van der Waals surface area contributed by atoms with Gasteiger partial charge in [-0.05, 0) is 75.4 Å². The summed E-state index contributed by atoms with van der Waals surface area (Å²) in [6, 6.07) is 37.1. The molecule has 0 atom stereocenters. The van der Waals surface area contributed by atoms with Crippen LogP contribution in [0.25, 0.3) is 61.2 Å². The van der Waals surface area contributed by atoms with Crippen molar-refractivity contribution in [1.29, 1.82) is 0 Å². The van der Waals surface area contributed by atoms with Gasteiger partial charge >= 0.3 is 0 Å². The molecular weight excluding hydrogens is 536 g/mol. The van der Waals surface area contributed by atoms with Gasteiger partial charge in [-0.15, -0.1) is 0 Å². The van der Waals surface area contributed by atoms with Crippen LogP contribution in [0.2, 0.25) is 0 Å². The lowest BCUT2D eigenvalue weighted by molar-refractivity contribution is 0.590. The summed E-state index contributed by atoms with van der Waals surface area (Å²) in [6.07, 6.45) is 0. The van der Waals surface area contributed by atoms with Crippen molar-refractivity contribution in [2.24, 2.45) is 0 Å². The second-order valence-corrected chi connectivity index (χ2v) is 13.7. The first-order valence-corrected chi connectivity index (χ1v) is 15.8. The van der Waals surface area contributed by atoms with Gasteiger partial charge in [0.05, 0.1) is 22.3 Å². The SMILES string of the molecule is CC(C)c1cccc(C(C)C)c1-n1c(-c2cccc3c2oc2cc(-c4ccc(C(C)(C)C)cc4)ccc23)nc2ccccc21. The Hall–Kier alpha value is -4.63. The average molecular weight is 577 g/mol. The topological polar surface area (TPSA) is 31.0 Å². The Kier molecular flexibility index (Phi) is 6.73. The number of rotatable bonds is 5. The molecule has 0 aliphatic carbocycles. The van der Waals surface area contributed by atoms with Crippen LogP contribution in [0.5, 0.6) is 0 Å². The highest BCUT2D eigenvalue weighted by atomic mass is 16.3. The lowest BCUT2D eigenvalue weighted by atomic mass is 9.86. The predicted octanol–water partition coefficient (Wildman–Crippen LogP) is 11.8. The van der Waals surface area contributed by atoms with Gasteiger partial charge in [0.2, 0.25) is 0 Å². The summed E-state index contributed by atoms with van der Waals surface area (Å²) in [5.41, 5.74) is 12.5. The van der Waals surface area contributed by atoms with Crippen LogP contribution in [0.1, 0.15) is 77.0 Å². The van der Waals surface area contributed by atoms with Crippen molar-refractivity contribution in [2.75, 3.05) is 0 Å². The van der Waals surface area contributed by atoms with Gasteiger partial charge in [-0.1, -0.05) is 121 Å². The first kappa shape index (κ1) is 28.2. The van der Waals surface area contributed by atoms with Crippen LogP contribution in [0, 0.1) is 0 Å². The van der Waals surface area contributed by atoms with E-state index in [1.807, 2.05) is 0 Å². The van der Waals surface area contributed by atoms with E-state index in [9.17, 15) is 0 Å². The van der Waals surface area contributed by atoms with Crippen molar-refractivity contribution >= 4 is 33.0 Å². The molecule has 0 bridgehead atoms. The first-order chi connectivity index (χ1) is 21.1. The van der Waals surface area contributed by atoms with E-state index < -0.39 is 0 Å². The molecule has 0 radical (unpaired) electrons. The summed E-state index contributed by atoms with van der Waals surface area (Å²) in [5, 5.41) is 2.22. The van der Waals surface area contributed by atoms with E-state index in [2.05, 4.69) is 156 Å². The highest BCUT2D eigenvalue weighted by Crippen LogP contribution is 2.41. The lowest BCUT2D eigenvalue weighted by Gasteiger charge is -2.22. The van der Waals surface area contributed by atoms with Crippen molar-refractivity contribution in [3.63, 3.8) is 0 Å². The molecule has 0 aliphatic rings. The Bertz CT molecular complexity index is 2120. The molecule has 0 unspecified atom stereocenters. The van der Waals surface area contributed by atoms with Crippen LogP contribution in [-0.2, 0) is 5.41 Å². The van der Waals surface area contributed by atoms with E-state index in [1.54, 1.807) is 0 Å². The molecule has 7 aromatic rings. The van der Waals surface area contributed by atoms with E-state index in [4.69, 9.17) is 9.40 Å². The Morgan fingerprint density at radius 2 is 1.32 bits per heavy atom. The summed E-state index contributed by atoms with van der Waals surface area (Å²) >= 11 is 0. The molecule has 0 fully saturated rings. The number of furan rings is 1. The monoisotopic (exact) mass is 576 g/mol. The summed E-state index contributed by atoms with van der Waals surface area (Å²) in [5.74, 6) is 1.62. The summed E-state index contributed by atoms with van der Waals surface area (Å²) in [6.45, 7) is 15.8. The molecule has 0 aliphatic heterocycles. The zero-order valence-electron chi connectivity index (χ0n) is 26.8. The van der Waals surface area contributed by atoms with Gasteiger partial charge in [0, 0.05) is 10.8 Å². The van der Waals surface area contributed by atoms with Crippen LogP contribution >= 0.6 is 0 Å². The quantitative estimate of drug-likeness (QED) is 0.204. The number of para-hydroxylation sites is 4. The molecule has 0 N–H and O–H groups in total. The smallest absolute Gasteiger partial charge is 0.149 e. The second-order valence-electron chi connectivity index (χ2n) is 13.7. The Balaban J connectivity index is 1.46. The molecule has 0 saturated carbocycles. The van der Waals surface area contributed by atoms with Gasteiger partial charge in [0.1, 0.15) is 17.0 Å². The summed E-state index contributed by atoms with van der Waals surface area (Å²) in [7, 11) is 0. The standard InChI is InChI=1S/C41H40N2O/c1-25(2)30-12-10-13-31(26(3)4)38(30)43-36-17-9-8-16-35(36)42-40(43)34-15-11-14-33-32-23-20-28(24-37(32)44-39(33)34)27-18-21-29(22-19-27)41(5,6)7/h8-26H,1-7H3. The van der Waals surface area contributed by atoms with Gasteiger partial charge in [-0.3, -0.25) is 4.57 Å². The van der Waals surface area contributed by atoms with Crippen molar-refractivity contribution in [3.8, 4) is 28.2 Å². The highest BCUT2D eigenvalue weighted by molar-refractivity contribution is 6.10. The van der Waals surface area contributed by atoms with Crippen molar-refractivity contribution in [2.45, 2.75) is 65.7 Å². The number of hydrogen-bond donors (Lipinski definition) is 0. The van der Waals surface area contributed by atoms with Gasteiger partial charge in [0.15, 0.2) is 0 Å². The van der Waals surface area contributed by atoms with Crippen LogP contribution in [0.15, 0.2) is 108 Å². The molecule has 3 nitrogen and oxygen atoms in total. The lowest BCUT2D eigenvalue weighted by Crippen LogP contribution is -2.10. The van der Waals surface area contributed by atoms with Gasteiger partial charge in [0.25, 0.3) is 0 Å². The molecule has 0 amide bonds. The van der Waals surface area contributed by atoms with E-state index in [0.29, 0.717) is 11.8 Å². The van der Waals surface area contributed by atoms with E-state index in [0.717, 1.165) is 49.9 Å². The molecule has 0 saturated heterocycles. The van der Waals surface area contributed by atoms with Crippen LogP contribution in [-0.4, -0.2) is 9.55 Å². The third-order valence-electron chi connectivity index (χ3n) is 8.95. The number of aromatic nitrogens is 2. The molecule has 2 heterocycles. The fourth-order valence-electron chi connectivity index (χ4n) is 6.52. The van der Waals surface area contributed by atoms with E-state index in [1.165, 1.54) is 27.9 Å². The van der Waals surface area contributed by atoms with Crippen LogP contribution in [0.3, 0.4) is 0 Å². The second kappa shape index (κ2) is 10.5. The zero-order valence-corrected chi connectivity index (χ0v) is 26.8. The minimum Gasteiger partial charge on any atom is -0.455 e. The zero-order chi connectivity index (χ0) is 30.7. The number of imidazole rings is 1. The molecule has 3 heteroatoms. The van der Waals surface area contributed by atoms with E-state index in [-0.39, 0.29) is 5.41 Å². The van der Waals surface area contributed by atoms with Gasteiger partial charge < -0.3 is 4.42 Å². The van der Waals surface area contributed by atoms with Crippen LogP contribution < -0.4 is 0 Å². The first-order valence-electron chi connectivity index (χ1n) is 15.8. The Labute approximate surface area is 260 Å². The van der Waals surface area contributed by atoms with Crippen molar-refractivity contribution in [3.05, 3.63) is 120 Å². The summed E-state index contributed by atoms with van der Waals surface area (Å²) < 4.78 is 9.15. The third-order valence-corrected chi connectivity index (χ3v) is 8.95.